The monoisotopic (exact) mass is 240 g/mol. The van der Waals surface area contributed by atoms with E-state index in [9.17, 15) is 0 Å². The lowest BCUT2D eigenvalue weighted by molar-refractivity contribution is 0.0209. The van der Waals surface area contributed by atoms with Crippen molar-refractivity contribution in [3.8, 4) is 0 Å². The molecule has 0 aromatic rings. The molecule has 0 aromatic heterocycles. The molecule has 0 bridgehead atoms. The molecule has 0 saturated carbocycles. The predicted octanol–water partition coefficient (Wildman–Crippen LogP) is 2.07. The Morgan fingerprint density at radius 2 is 2.29 bits per heavy atom. The van der Waals surface area contributed by atoms with Gasteiger partial charge in [0.2, 0.25) is 0 Å². The van der Waals surface area contributed by atoms with Gasteiger partial charge in [-0.2, -0.15) is 0 Å². The minimum absolute atomic E-state index is 0.114. The van der Waals surface area contributed by atoms with Gasteiger partial charge in [0.15, 0.2) is 0 Å². The van der Waals surface area contributed by atoms with Gasteiger partial charge in [-0.15, -0.1) is 0 Å². The van der Waals surface area contributed by atoms with Crippen LogP contribution in [0.3, 0.4) is 0 Å². The lowest BCUT2D eigenvalue weighted by Gasteiger charge is -2.25. The number of rotatable bonds is 6. The molecular formula is C14H28N2O. The highest BCUT2D eigenvalue weighted by Gasteiger charge is 2.28. The first-order chi connectivity index (χ1) is 8.29. The molecule has 2 saturated heterocycles. The van der Waals surface area contributed by atoms with Gasteiger partial charge in [-0.1, -0.05) is 6.42 Å². The molecule has 2 aliphatic rings. The summed E-state index contributed by atoms with van der Waals surface area (Å²) in [6.07, 6.45) is 9.20. The molecular weight excluding hydrogens is 212 g/mol. The highest BCUT2D eigenvalue weighted by molar-refractivity contribution is 4.82. The maximum Gasteiger partial charge on any atom is 0.0779 e. The molecule has 2 rings (SSSR count). The van der Waals surface area contributed by atoms with Crippen LogP contribution in [0.1, 0.15) is 51.9 Å². The van der Waals surface area contributed by atoms with Gasteiger partial charge in [0.05, 0.1) is 5.60 Å². The van der Waals surface area contributed by atoms with Crippen molar-refractivity contribution in [2.24, 2.45) is 0 Å². The second-order valence-corrected chi connectivity index (χ2v) is 5.87. The van der Waals surface area contributed by atoms with E-state index in [1.54, 1.807) is 0 Å². The van der Waals surface area contributed by atoms with Gasteiger partial charge in [0.25, 0.3) is 0 Å². The smallest absolute Gasteiger partial charge is 0.0779 e. The molecule has 0 spiro atoms. The summed E-state index contributed by atoms with van der Waals surface area (Å²) in [4.78, 5) is 0. The highest BCUT2D eigenvalue weighted by Crippen LogP contribution is 2.23. The Balaban J connectivity index is 1.48. The van der Waals surface area contributed by atoms with Crippen molar-refractivity contribution in [1.82, 2.24) is 10.6 Å². The Labute approximate surface area is 106 Å². The zero-order valence-corrected chi connectivity index (χ0v) is 11.3. The van der Waals surface area contributed by atoms with E-state index < -0.39 is 0 Å². The third-order valence-corrected chi connectivity index (χ3v) is 4.12. The third-order valence-electron chi connectivity index (χ3n) is 4.12. The fraction of sp³-hybridized carbons (Fsp3) is 1.00. The Hall–Kier alpha value is -0.120. The molecule has 0 radical (unpaired) electrons. The maximum absolute atomic E-state index is 5.76. The van der Waals surface area contributed by atoms with Crippen molar-refractivity contribution in [3.63, 3.8) is 0 Å². The van der Waals surface area contributed by atoms with Crippen LogP contribution >= 0.6 is 0 Å². The SMILES string of the molecule is CC1(CNCCCC2CCCCN2)CCCO1. The van der Waals surface area contributed by atoms with Crippen LogP contribution in [0.25, 0.3) is 0 Å². The first-order valence-corrected chi connectivity index (χ1v) is 7.37. The van der Waals surface area contributed by atoms with Gasteiger partial charge in [-0.25, -0.2) is 0 Å². The van der Waals surface area contributed by atoms with Gasteiger partial charge in [-0.05, 0) is 58.5 Å². The Kier molecular flexibility index (Phi) is 5.26. The molecule has 2 atom stereocenters. The van der Waals surface area contributed by atoms with Gasteiger partial charge < -0.3 is 15.4 Å². The number of piperidine rings is 1. The van der Waals surface area contributed by atoms with Crippen LogP contribution in [0, 0.1) is 0 Å². The van der Waals surface area contributed by atoms with Crippen LogP contribution in [0.5, 0.6) is 0 Å². The molecule has 3 heteroatoms. The van der Waals surface area contributed by atoms with Crippen LogP contribution < -0.4 is 10.6 Å². The molecule has 2 fully saturated rings. The molecule has 2 unspecified atom stereocenters. The molecule has 2 N–H and O–H groups in total. The summed E-state index contributed by atoms with van der Waals surface area (Å²) in [6.45, 7) is 6.56. The second-order valence-electron chi connectivity index (χ2n) is 5.87. The minimum atomic E-state index is 0.114. The lowest BCUT2D eigenvalue weighted by Crippen LogP contribution is -2.38. The first kappa shape index (κ1) is 13.3. The van der Waals surface area contributed by atoms with Crippen molar-refractivity contribution in [2.45, 2.75) is 63.5 Å². The maximum atomic E-state index is 5.76. The lowest BCUT2D eigenvalue weighted by atomic mass is 10.0. The Morgan fingerprint density at radius 1 is 1.35 bits per heavy atom. The molecule has 2 heterocycles. The van der Waals surface area contributed by atoms with Gasteiger partial charge in [-0.3, -0.25) is 0 Å². The molecule has 3 nitrogen and oxygen atoms in total. The van der Waals surface area contributed by atoms with Crippen LogP contribution in [-0.2, 0) is 4.74 Å². The zero-order chi connectivity index (χ0) is 12.0. The van der Waals surface area contributed by atoms with Gasteiger partial charge in [0, 0.05) is 19.2 Å². The molecule has 2 aliphatic heterocycles. The van der Waals surface area contributed by atoms with Crippen molar-refractivity contribution in [3.05, 3.63) is 0 Å². The fourth-order valence-corrected chi connectivity index (χ4v) is 2.97. The molecule has 17 heavy (non-hydrogen) atoms. The predicted molar refractivity (Wildman–Crippen MR) is 71.3 cm³/mol. The molecule has 100 valence electrons. The third kappa shape index (κ3) is 4.57. The van der Waals surface area contributed by atoms with E-state index >= 15 is 0 Å². The summed E-state index contributed by atoms with van der Waals surface area (Å²) in [5, 5.41) is 7.16. The van der Waals surface area contributed by atoms with Gasteiger partial charge >= 0.3 is 0 Å². The van der Waals surface area contributed by atoms with Crippen molar-refractivity contribution in [1.29, 1.82) is 0 Å². The number of hydrogen-bond acceptors (Lipinski definition) is 3. The van der Waals surface area contributed by atoms with Crippen LogP contribution in [0.4, 0.5) is 0 Å². The summed E-state index contributed by atoms with van der Waals surface area (Å²) in [7, 11) is 0. The van der Waals surface area contributed by atoms with E-state index in [1.165, 1.54) is 51.5 Å². The molecule has 0 aliphatic carbocycles. The van der Waals surface area contributed by atoms with Crippen LogP contribution in [0.2, 0.25) is 0 Å². The quantitative estimate of drug-likeness (QED) is 0.697. The number of nitrogens with one attached hydrogen (secondary N) is 2. The van der Waals surface area contributed by atoms with Gasteiger partial charge in [0.1, 0.15) is 0 Å². The van der Waals surface area contributed by atoms with Crippen molar-refractivity contribution in [2.75, 3.05) is 26.2 Å². The Bertz CT molecular complexity index is 208. The van der Waals surface area contributed by atoms with E-state index in [0.717, 1.165) is 25.7 Å². The standard InChI is InChI=1S/C14H28N2O/c1-14(8-5-11-17-14)12-15-9-4-7-13-6-2-3-10-16-13/h13,15-16H,2-12H2,1H3. The summed E-state index contributed by atoms with van der Waals surface area (Å²) in [6, 6.07) is 0.781. The summed E-state index contributed by atoms with van der Waals surface area (Å²) < 4.78 is 5.76. The van der Waals surface area contributed by atoms with E-state index in [1.807, 2.05) is 0 Å². The summed E-state index contributed by atoms with van der Waals surface area (Å²) >= 11 is 0. The highest BCUT2D eigenvalue weighted by atomic mass is 16.5. The van der Waals surface area contributed by atoms with E-state index in [0.29, 0.717) is 0 Å². The topological polar surface area (TPSA) is 33.3 Å². The average Bonchev–Trinajstić information content (AvgIpc) is 2.77. The van der Waals surface area contributed by atoms with Crippen molar-refractivity contribution < 1.29 is 4.74 Å². The van der Waals surface area contributed by atoms with E-state index in [-0.39, 0.29) is 5.60 Å². The van der Waals surface area contributed by atoms with E-state index in [4.69, 9.17) is 4.74 Å². The molecule has 0 amide bonds. The number of hydrogen-bond donors (Lipinski definition) is 2. The Morgan fingerprint density at radius 3 is 3.00 bits per heavy atom. The first-order valence-electron chi connectivity index (χ1n) is 7.37. The van der Waals surface area contributed by atoms with Crippen LogP contribution in [-0.4, -0.2) is 37.9 Å². The normalized spacial score (nSPS) is 34.1. The molecule has 0 aromatic carbocycles. The van der Waals surface area contributed by atoms with Crippen molar-refractivity contribution >= 4 is 0 Å². The summed E-state index contributed by atoms with van der Waals surface area (Å²) in [5.41, 5.74) is 0.114. The fourth-order valence-electron chi connectivity index (χ4n) is 2.97. The van der Waals surface area contributed by atoms with Crippen LogP contribution in [0.15, 0.2) is 0 Å². The van der Waals surface area contributed by atoms with E-state index in [2.05, 4.69) is 17.6 Å². The summed E-state index contributed by atoms with van der Waals surface area (Å²) in [5.74, 6) is 0. The minimum Gasteiger partial charge on any atom is -0.374 e. The number of ether oxygens (including phenoxy) is 1. The second kappa shape index (κ2) is 6.72. The zero-order valence-electron chi connectivity index (χ0n) is 11.3. The average molecular weight is 240 g/mol. The largest absolute Gasteiger partial charge is 0.374 e.